The topological polar surface area (TPSA) is 12.4 Å². The number of hydrogen-bond acceptors (Lipinski definition) is 1. The van der Waals surface area contributed by atoms with Gasteiger partial charge in [-0.05, 0) is 29.5 Å². The van der Waals surface area contributed by atoms with E-state index >= 15 is 0 Å². The minimum atomic E-state index is 0.118. The summed E-state index contributed by atoms with van der Waals surface area (Å²) in [5, 5.41) is 0. The van der Waals surface area contributed by atoms with E-state index < -0.39 is 0 Å². The molecule has 0 atom stereocenters. The molecule has 0 amide bonds. The summed E-state index contributed by atoms with van der Waals surface area (Å²) >= 11 is 0. The standard InChI is InChI=1S/C15H27N/c1-9-12(14(2,3)4)10-13(11-16-8)15(5,6)7/h10-11H,8-9H2,1-7H3/b12-10+,13-11+. The Kier molecular flexibility index (Phi) is 5.18. The van der Waals surface area contributed by atoms with E-state index in [1.807, 2.05) is 6.20 Å². The molecule has 0 rings (SSSR count). The highest BCUT2D eigenvalue weighted by atomic mass is 14.6. The summed E-state index contributed by atoms with van der Waals surface area (Å²) < 4.78 is 0. The third kappa shape index (κ3) is 4.78. The molecule has 0 aromatic carbocycles. The molecule has 0 saturated heterocycles. The zero-order chi connectivity index (χ0) is 13.0. The van der Waals surface area contributed by atoms with Gasteiger partial charge in [0.25, 0.3) is 0 Å². The monoisotopic (exact) mass is 221 g/mol. The van der Waals surface area contributed by atoms with Crippen molar-refractivity contribution in [2.24, 2.45) is 15.8 Å². The number of hydrogen-bond donors (Lipinski definition) is 0. The van der Waals surface area contributed by atoms with Crippen molar-refractivity contribution in [2.45, 2.75) is 54.9 Å². The van der Waals surface area contributed by atoms with Gasteiger partial charge >= 0.3 is 0 Å². The van der Waals surface area contributed by atoms with Gasteiger partial charge in [0.2, 0.25) is 0 Å². The lowest BCUT2D eigenvalue weighted by Gasteiger charge is -2.26. The Morgan fingerprint density at radius 2 is 1.56 bits per heavy atom. The minimum Gasteiger partial charge on any atom is -0.272 e. The van der Waals surface area contributed by atoms with Gasteiger partial charge in [0.1, 0.15) is 0 Å². The van der Waals surface area contributed by atoms with Gasteiger partial charge in [0.15, 0.2) is 0 Å². The summed E-state index contributed by atoms with van der Waals surface area (Å²) in [7, 11) is 0. The third-order valence-corrected chi connectivity index (χ3v) is 2.77. The summed E-state index contributed by atoms with van der Waals surface area (Å²) in [4.78, 5) is 3.92. The normalized spacial score (nSPS) is 15.2. The zero-order valence-corrected chi connectivity index (χ0v) is 12.0. The van der Waals surface area contributed by atoms with Gasteiger partial charge in [-0.3, -0.25) is 4.99 Å². The highest BCUT2D eigenvalue weighted by Crippen LogP contribution is 2.33. The van der Waals surface area contributed by atoms with E-state index in [4.69, 9.17) is 0 Å². The molecule has 0 aromatic rings. The number of rotatable bonds is 3. The Hall–Kier alpha value is -0.850. The second-order valence-corrected chi connectivity index (χ2v) is 6.29. The van der Waals surface area contributed by atoms with Crippen molar-refractivity contribution in [1.29, 1.82) is 0 Å². The Morgan fingerprint density at radius 1 is 1.06 bits per heavy atom. The molecule has 1 heteroatoms. The van der Waals surface area contributed by atoms with Crippen LogP contribution in [0, 0.1) is 10.8 Å². The molecular weight excluding hydrogens is 194 g/mol. The predicted octanol–water partition coefficient (Wildman–Crippen LogP) is 5.00. The van der Waals surface area contributed by atoms with E-state index in [1.165, 1.54) is 11.1 Å². The third-order valence-electron chi connectivity index (χ3n) is 2.77. The van der Waals surface area contributed by atoms with E-state index in [1.54, 1.807) is 0 Å². The molecule has 0 spiro atoms. The Bertz CT molecular complexity index is 292. The summed E-state index contributed by atoms with van der Waals surface area (Å²) in [6, 6.07) is 0. The molecule has 0 aromatic heterocycles. The molecule has 0 fully saturated rings. The molecule has 0 aliphatic carbocycles. The molecule has 0 aliphatic heterocycles. The second-order valence-electron chi connectivity index (χ2n) is 6.29. The van der Waals surface area contributed by atoms with Crippen LogP contribution >= 0.6 is 0 Å². The highest BCUT2D eigenvalue weighted by molar-refractivity contribution is 5.34. The Morgan fingerprint density at radius 3 is 1.81 bits per heavy atom. The van der Waals surface area contributed by atoms with Crippen LogP contribution in [0.15, 0.2) is 28.4 Å². The van der Waals surface area contributed by atoms with Gasteiger partial charge in [-0.25, -0.2) is 0 Å². The van der Waals surface area contributed by atoms with Crippen LogP contribution in [0.3, 0.4) is 0 Å². The molecule has 0 unspecified atom stereocenters. The molecule has 0 aliphatic rings. The average molecular weight is 221 g/mol. The fourth-order valence-corrected chi connectivity index (χ4v) is 1.58. The van der Waals surface area contributed by atoms with E-state index in [9.17, 15) is 0 Å². The maximum Gasteiger partial charge on any atom is 0.0297 e. The smallest absolute Gasteiger partial charge is 0.0297 e. The first-order valence-electron chi connectivity index (χ1n) is 6.00. The summed E-state index contributed by atoms with van der Waals surface area (Å²) in [6.45, 7) is 19.1. The van der Waals surface area contributed by atoms with Crippen molar-refractivity contribution < 1.29 is 0 Å². The molecular formula is C15H27N. The first-order valence-corrected chi connectivity index (χ1v) is 6.00. The van der Waals surface area contributed by atoms with Crippen LogP contribution in [0.25, 0.3) is 0 Å². The van der Waals surface area contributed by atoms with Crippen LogP contribution in [0.2, 0.25) is 0 Å². The maximum absolute atomic E-state index is 3.92. The number of aliphatic imine (C=N–C) groups is 1. The van der Waals surface area contributed by atoms with Crippen molar-refractivity contribution in [1.82, 2.24) is 0 Å². The van der Waals surface area contributed by atoms with Crippen molar-refractivity contribution in [2.75, 3.05) is 0 Å². The maximum atomic E-state index is 3.92. The average Bonchev–Trinajstić information content (AvgIpc) is 2.07. The molecule has 0 saturated carbocycles. The fourth-order valence-electron chi connectivity index (χ4n) is 1.58. The van der Waals surface area contributed by atoms with Gasteiger partial charge in [-0.2, -0.15) is 0 Å². The van der Waals surface area contributed by atoms with Crippen LogP contribution in [-0.2, 0) is 0 Å². The van der Waals surface area contributed by atoms with Gasteiger partial charge < -0.3 is 0 Å². The molecule has 0 heterocycles. The summed E-state index contributed by atoms with van der Waals surface area (Å²) in [5.74, 6) is 0. The number of nitrogens with zero attached hydrogens (tertiary/aromatic N) is 1. The van der Waals surface area contributed by atoms with Crippen molar-refractivity contribution in [3.05, 3.63) is 23.4 Å². The largest absolute Gasteiger partial charge is 0.272 e. The molecule has 0 N–H and O–H groups in total. The van der Waals surface area contributed by atoms with E-state index in [0.717, 1.165) is 6.42 Å². The van der Waals surface area contributed by atoms with E-state index in [-0.39, 0.29) is 10.8 Å². The SMILES string of the molecule is C=N/C=C(\C=C(/CC)C(C)(C)C)C(C)(C)C. The summed E-state index contributed by atoms with van der Waals surface area (Å²) in [6.07, 6.45) is 5.24. The van der Waals surface area contributed by atoms with Crippen LogP contribution in [-0.4, -0.2) is 6.72 Å². The van der Waals surface area contributed by atoms with Crippen LogP contribution in [0.4, 0.5) is 0 Å². The molecule has 1 nitrogen and oxygen atoms in total. The van der Waals surface area contributed by atoms with Gasteiger partial charge in [-0.15, -0.1) is 0 Å². The van der Waals surface area contributed by atoms with Crippen molar-refractivity contribution in [3.8, 4) is 0 Å². The fraction of sp³-hybridized carbons (Fsp3) is 0.667. The zero-order valence-electron chi connectivity index (χ0n) is 12.0. The number of allylic oxidation sites excluding steroid dienone is 3. The lowest BCUT2D eigenvalue weighted by atomic mass is 9.79. The van der Waals surface area contributed by atoms with Gasteiger partial charge in [-0.1, -0.05) is 60.1 Å². The highest BCUT2D eigenvalue weighted by Gasteiger charge is 2.20. The minimum absolute atomic E-state index is 0.118. The van der Waals surface area contributed by atoms with Crippen molar-refractivity contribution in [3.63, 3.8) is 0 Å². The lowest BCUT2D eigenvalue weighted by molar-refractivity contribution is 0.477. The second kappa shape index (κ2) is 5.47. The van der Waals surface area contributed by atoms with Crippen LogP contribution in [0.5, 0.6) is 0 Å². The van der Waals surface area contributed by atoms with Crippen LogP contribution in [0.1, 0.15) is 54.9 Å². The van der Waals surface area contributed by atoms with Crippen molar-refractivity contribution >= 4 is 6.72 Å². The van der Waals surface area contributed by atoms with Gasteiger partial charge in [0, 0.05) is 6.20 Å². The molecule has 92 valence electrons. The lowest BCUT2D eigenvalue weighted by Crippen LogP contribution is -2.13. The van der Waals surface area contributed by atoms with E-state index in [2.05, 4.69) is 66.3 Å². The quantitative estimate of drug-likeness (QED) is 0.470. The molecule has 0 radical (unpaired) electrons. The van der Waals surface area contributed by atoms with Gasteiger partial charge in [0.05, 0.1) is 0 Å². The van der Waals surface area contributed by atoms with E-state index in [0.29, 0.717) is 0 Å². The Balaban J connectivity index is 5.36. The molecule has 16 heavy (non-hydrogen) atoms. The Labute approximate surface area is 101 Å². The first kappa shape index (κ1) is 15.2. The molecule has 0 bridgehead atoms. The van der Waals surface area contributed by atoms with Crippen LogP contribution < -0.4 is 0 Å². The predicted molar refractivity (Wildman–Crippen MR) is 74.9 cm³/mol. The summed E-state index contributed by atoms with van der Waals surface area (Å²) in [5.41, 5.74) is 3.04. The first-order chi connectivity index (χ1) is 7.12.